The van der Waals surface area contributed by atoms with Crippen LogP contribution in [-0.4, -0.2) is 53.6 Å². The van der Waals surface area contributed by atoms with Crippen molar-refractivity contribution in [1.82, 2.24) is 9.80 Å². The van der Waals surface area contributed by atoms with Crippen molar-refractivity contribution in [2.75, 3.05) is 26.7 Å². The van der Waals surface area contributed by atoms with E-state index in [0.29, 0.717) is 6.54 Å². The van der Waals surface area contributed by atoms with Crippen molar-refractivity contribution in [3.05, 3.63) is 59.7 Å². The molecule has 0 radical (unpaired) electrons. The molecule has 1 aliphatic rings. The Morgan fingerprint density at radius 2 is 1.81 bits per heavy atom. The lowest BCUT2D eigenvalue weighted by molar-refractivity contribution is -0.128. The van der Waals surface area contributed by atoms with Crippen LogP contribution in [0.5, 0.6) is 0 Å². The molecule has 2 aromatic carbocycles. The number of hydrogen-bond donors (Lipinski definition) is 2. The molecule has 0 spiro atoms. The Labute approximate surface area is 161 Å². The Morgan fingerprint density at radius 3 is 2.48 bits per heavy atom. The maximum absolute atomic E-state index is 11.7. The molecule has 0 bridgehead atoms. The van der Waals surface area contributed by atoms with Gasteiger partial charge in [-0.3, -0.25) is 9.69 Å². The van der Waals surface area contributed by atoms with Crippen molar-refractivity contribution in [1.29, 1.82) is 0 Å². The number of rotatable bonds is 6. The highest BCUT2D eigenvalue weighted by Crippen LogP contribution is 2.22. The first-order valence-corrected chi connectivity index (χ1v) is 9.58. The molecule has 0 atom stereocenters. The van der Waals surface area contributed by atoms with Crippen molar-refractivity contribution in [3.8, 4) is 11.1 Å². The number of carbonyl (C=O) groups is 1. The van der Waals surface area contributed by atoms with E-state index in [2.05, 4.69) is 41.3 Å². The number of aliphatic hydroxyl groups excluding tert-OH is 1. The number of nitrogens with zero attached hydrogens (tertiary/aromatic N) is 2. The molecule has 3 rings (SSSR count). The van der Waals surface area contributed by atoms with E-state index >= 15 is 0 Å². The number of piperidine rings is 1. The highest BCUT2D eigenvalue weighted by Gasteiger charge is 2.16. The van der Waals surface area contributed by atoms with Gasteiger partial charge in [0.1, 0.15) is 0 Å². The number of likely N-dealkylation sites (N-methyl/N-ethyl adjacent to an activating group) is 1. The summed E-state index contributed by atoms with van der Waals surface area (Å²) in [6, 6.07) is 16.9. The van der Waals surface area contributed by atoms with Crippen molar-refractivity contribution in [2.45, 2.75) is 32.0 Å². The standard InChI is InChI=1S/C22H29N3O2/c1-24(22(27)14-23)15-18-3-2-4-20(13-18)19-7-5-17(6-8-19)16-25-11-9-21(26)10-12-25/h2-8,13,21,26H,9-12,14-16,23H2,1H3. The quantitative estimate of drug-likeness (QED) is 0.821. The summed E-state index contributed by atoms with van der Waals surface area (Å²) in [7, 11) is 1.77. The Bertz CT molecular complexity index is 752. The van der Waals surface area contributed by atoms with E-state index in [4.69, 9.17) is 5.73 Å². The summed E-state index contributed by atoms with van der Waals surface area (Å²) in [5.74, 6) is -0.0602. The molecule has 1 amide bonds. The fraction of sp³-hybridized carbons (Fsp3) is 0.409. The molecular weight excluding hydrogens is 338 g/mol. The highest BCUT2D eigenvalue weighted by atomic mass is 16.3. The number of likely N-dealkylation sites (tertiary alicyclic amines) is 1. The van der Waals surface area contributed by atoms with Crippen molar-refractivity contribution < 1.29 is 9.90 Å². The summed E-state index contributed by atoms with van der Waals surface area (Å²) < 4.78 is 0. The van der Waals surface area contributed by atoms with E-state index in [0.717, 1.165) is 43.6 Å². The van der Waals surface area contributed by atoms with Crippen LogP contribution in [0.25, 0.3) is 11.1 Å². The molecule has 1 saturated heterocycles. The third-order valence-corrected chi connectivity index (χ3v) is 5.20. The lowest BCUT2D eigenvalue weighted by atomic mass is 10.0. The lowest BCUT2D eigenvalue weighted by Crippen LogP contribution is -2.35. The van der Waals surface area contributed by atoms with Gasteiger partial charge in [-0.15, -0.1) is 0 Å². The fourth-order valence-electron chi connectivity index (χ4n) is 3.51. The summed E-state index contributed by atoms with van der Waals surface area (Å²) in [5, 5.41) is 9.62. The maximum Gasteiger partial charge on any atom is 0.236 e. The molecule has 2 aromatic rings. The van der Waals surface area contributed by atoms with E-state index in [-0.39, 0.29) is 18.6 Å². The Hall–Kier alpha value is -2.21. The first kappa shape index (κ1) is 19.5. The summed E-state index contributed by atoms with van der Waals surface area (Å²) in [6.07, 6.45) is 1.60. The molecule has 0 aromatic heterocycles. The number of benzene rings is 2. The minimum Gasteiger partial charge on any atom is -0.393 e. The first-order chi connectivity index (χ1) is 13.0. The van der Waals surface area contributed by atoms with Crippen LogP contribution in [-0.2, 0) is 17.9 Å². The molecule has 0 aliphatic carbocycles. The van der Waals surface area contributed by atoms with Gasteiger partial charge in [-0.1, -0.05) is 42.5 Å². The van der Waals surface area contributed by atoms with Gasteiger partial charge in [0.2, 0.25) is 5.91 Å². The third kappa shape index (κ3) is 5.39. The number of aliphatic hydroxyl groups is 1. The van der Waals surface area contributed by atoms with Gasteiger partial charge in [0.05, 0.1) is 12.6 Å². The van der Waals surface area contributed by atoms with Gasteiger partial charge < -0.3 is 15.7 Å². The largest absolute Gasteiger partial charge is 0.393 e. The first-order valence-electron chi connectivity index (χ1n) is 9.58. The van der Waals surface area contributed by atoms with Gasteiger partial charge in [0.25, 0.3) is 0 Å². The molecular formula is C22H29N3O2. The van der Waals surface area contributed by atoms with Crippen LogP contribution in [0.15, 0.2) is 48.5 Å². The Balaban J connectivity index is 1.64. The lowest BCUT2D eigenvalue weighted by Gasteiger charge is -2.29. The minimum absolute atomic E-state index is 0.0353. The molecule has 1 heterocycles. The molecule has 144 valence electrons. The van der Waals surface area contributed by atoms with Crippen molar-refractivity contribution in [2.24, 2.45) is 5.73 Å². The van der Waals surface area contributed by atoms with Gasteiger partial charge >= 0.3 is 0 Å². The molecule has 1 fully saturated rings. The molecule has 5 nitrogen and oxygen atoms in total. The topological polar surface area (TPSA) is 69.8 Å². The second-order valence-corrected chi connectivity index (χ2v) is 7.36. The SMILES string of the molecule is CN(Cc1cccc(-c2ccc(CN3CCC(O)CC3)cc2)c1)C(=O)CN. The normalized spacial score (nSPS) is 15.7. The predicted octanol–water partition coefficient (Wildman–Crippen LogP) is 2.23. The van der Waals surface area contributed by atoms with Crippen LogP contribution in [0.4, 0.5) is 0 Å². The Morgan fingerprint density at radius 1 is 1.11 bits per heavy atom. The van der Waals surface area contributed by atoms with Gasteiger partial charge in [-0.25, -0.2) is 0 Å². The zero-order chi connectivity index (χ0) is 19.2. The summed E-state index contributed by atoms with van der Waals surface area (Å²) in [6.45, 7) is 3.44. The molecule has 27 heavy (non-hydrogen) atoms. The van der Waals surface area contributed by atoms with Gasteiger partial charge in [0, 0.05) is 33.2 Å². The van der Waals surface area contributed by atoms with Gasteiger partial charge in [0.15, 0.2) is 0 Å². The minimum atomic E-state index is -0.130. The van der Waals surface area contributed by atoms with Gasteiger partial charge in [-0.2, -0.15) is 0 Å². The third-order valence-electron chi connectivity index (χ3n) is 5.20. The van der Waals surface area contributed by atoms with Crippen LogP contribution in [0.2, 0.25) is 0 Å². The summed E-state index contributed by atoms with van der Waals surface area (Å²) in [4.78, 5) is 15.7. The molecule has 1 aliphatic heterocycles. The molecule has 0 saturated carbocycles. The van der Waals surface area contributed by atoms with E-state index in [1.165, 1.54) is 11.1 Å². The van der Waals surface area contributed by atoms with Gasteiger partial charge in [-0.05, 0) is 41.2 Å². The monoisotopic (exact) mass is 367 g/mol. The Kier molecular flexibility index (Phi) is 6.61. The van der Waals surface area contributed by atoms with Crippen LogP contribution >= 0.6 is 0 Å². The van der Waals surface area contributed by atoms with E-state index in [1.54, 1.807) is 11.9 Å². The maximum atomic E-state index is 11.7. The molecule has 5 heteroatoms. The average Bonchev–Trinajstić information content (AvgIpc) is 2.70. The zero-order valence-corrected chi connectivity index (χ0v) is 16.0. The summed E-state index contributed by atoms with van der Waals surface area (Å²) in [5.41, 5.74) is 10.1. The van der Waals surface area contributed by atoms with Crippen LogP contribution in [0, 0.1) is 0 Å². The van der Waals surface area contributed by atoms with Crippen molar-refractivity contribution in [3.63, 3.8) is 0 Å². The number of nitrogens with two attached hydrogens (primary N) is 1. The fourth-order valence-corrected chi connectivity index (χ4v) is 3.51. The number of carbonyl (C=O) groups excluding carboxylic acids is 1. The van der Waals surface area contributed by atoms with E-state index in [9.17, 15) is 9.90 Å². The molecule has 3 N–H and O–H groups in total. The van der Waals surface area contributed by atoms with E-state index < -0.39 is 0 Å². The average molecular weight is 367 g/mol. The summed E-state index contributed by atoms with van der Waals surface area (Å²) >= 11 is 0. The second-order valence-electron chi connectivity index (χ2n) is 7.36. The van der Waals surface area contributed by atoms with Crippen LogP contribution in [0.1, 0.15) is 24.0 Å². The number of hydrogen-bond acceptors (Lipinski definition) is 4. The van der Waals surface area contributed by atoms with Crippen molar-refractivity contribution >= 4 is 5.91 Å². The number of amides is 1. The van der Waals surface area contributed by atoms with Crippen LogP contribution in [0.3, 0.4) is 0 Å². The zero-order valence-electron chi connectivity index (χ0n) is 16.0. The highest BCUT2D eigenvalue weighted by molar-refractivity contribution is 5.77. The van der Waals surface area contributed by atoms with E-state index in [1.807, 2.05) is 12.1 Å². The second kappa shape index (κ2) is 9.13. The smallest absolute Gasteiger partial charge is 0.236 e. The van der Waals surface area contributed by atoms with Crippen LogP contribution < -0.4 is 5.73 Å². The molecule has 0 unspecified atom stereocenters. The predicted molar refractivity (Wildman–Crippen MR) is 108 cm³/mol.